The number of hydrogen-bond acceptors (Lipinski definition) is 9. The monoisotopic (exact) mass is 679 g/mol. The molecule has 0 spiro atoms. The summed E-state index contributed by atoms with van der Waals surface area (Å²) in [6.45, 7) is -0.777. The van der Waals surface area contributed by atoms with E-state index in [1.807, 2.05) is 0 Å². The van der Waals surface area contributed by atoms with Crippen molar-refractivity contribution in [3.63, 3.8) is 0 Å². The zero-order valence-electron chi connectivity index (χ0n) is 23.1. The minimum Gasteiger partial charge on any atom is -0.484 e. The number of benzene rings is 2. The summed E-state index contributed by atoms with van der Waals surface area (Å²) in [5, 5.41) is 8.18. The molecule has 3 atom stereocenters. The van der Waals surface area contributed by atoms with Gasteiger partial charge in [0.25, 0.3) is 11.8 Å². The van der Waals surface area contributed by atoms with E-state index in [2.05, 4.69) is 20.5 Å². The molecule has 3 unspecified atom stereocenters. The fourth-order valence-electron chi connectivity index (χ4n) is 5.40. The van der Waals surface area contributed by atoms with Crippen molar-refractivity contribution in [2.24, 2.45) is 0 Å². The van der Waals surface area contributed by atoms with Crippen molar-refractivity contribution in [1.29, 1.82) is 0 Å². The van der Waals surface area contributed by atoms with Gasteiger partial charge < -0.3 is 44.5 Å². The Morgan fingerprint density at radius 2 is 1.52 bits per heavy atom. The molecule has 0 saturated heterocycles. The van der Waals surface area contributed by atoms with Gasteiger partial charge in [-0.25, -0.2) is 13.6 Å². The summed E-state index contributed by atoms with van der Waals surface area (Å²) in [7, 11) is -2.50. The fraction of sp³-hybridized carbons (Fsp3) is 0.444. The van der Waals surface area contributed by atoms with Crippen LogP contribution in [0.4, 0.5) is 13.6 Å². The van der Waals surface area contributed by atoms with Crippen LogP contribution < -0.4 is 25.4 Å². The van der Waals surface area contributed by atoms with Crippen LogP contribution in [-0.2, 0) is 18.8 Å². The van der Waals surface area contributed by atoms with Crippen LogP contribution in [0.5, 0.6) is 11.5 Å². The molecule has 0 radical (unpaired) electrons. The molecular weight excluding hydrogens is 650 g/mol. The summed E-state index contributed by atoms with van der Waals surface area (Å²) in [6.07, 6.45) is -0.157. The predicted molar refractivity (Wildman–Crippen MR) is 154 cm³/mol. The smallest absolute Gasteiger partial charge is 0.407 e. The van der Waals surface area contributed by atoms with Crippen molar-refractivity contribution >= 4 is 49.7 Å². The summed E-state index contributed by atoms with van der Waals surface area (Å²) in [5.41, 5.74) is -1.90. The first-order valence-electron chi connectivity index (χ1n) is 13.4. The molecule has 2 bridgehead atoms. The Morgan fingerprint density at radius 3 is 2.09 bits per heavy atom. The van der Waals surface area contributed by atoms with E-state index in [-0.39, 0.29) is 54.0 Å². The number of carbonyl (C=O) groups is 3. The number of rotatable bonds is 14. The number of carbonyl (C=O) groups excluding carboxylic acids is 3. The molecule has 4 rings (SSSR count). The Labute approximate surface area is 262 Å². The molecule has 3 amide bonds. The van der Waals surface area contributed by atoms with Gasteiger partial charge in [-0.05, 0) is 49.9 Å². The molecule has 0 aromatic heterocycles. The summed E-state index contributed by atoms with van der Waals surface area (Å²) >= 11 is 11.4. The Balaban J connectivity index is 1.38. The topological polar surface area (TPSA) is 165 Å². The Bertz CT molecular complexity index is 1380. The highest BCUT2D eigenvalue weighted by molar-refractivity contribution is 7.39. The van der Waals surface area contributed by atoms with Crippen LogP contribution >= 0.6 is 31.8 Å². The first-order valence-corrected chi connectivity index (χ1v) is 15.3. The summed E-state index contributed by atoms with van der Waals surface area (Å²) < 4.78 is 48.6. The van der Waals surface area contributed by atoms with Gasteiger partial charge in [-0.1, -0.05) is 23.2 Å². The van der Waals surface area contributed by atoms with Gasteiger partial charge in [0.05, 0.1) is 22.2 Å². The first-order chi connectivity index (χ1) is 20.9. The van der Waals surface area contributed by atoms with Crippen molar-refractivity contribution in [2.45, 2.75) is 49.3 Å². The molecule has 2 aliphatic carbocycles. The lowest BCUT2D eigenvalue weighted by Gasteiger charge is -2.36. The maximum atomic E-state index is 13.8. The molecule has 12 nitrogen and oxygen atoms in total. The third-order valence-corrected chi connectivity index (χ3v) is 8.28. The molecule has 2 aromatic carbocycles. The van der Waals surface area contributed by atoms with Crippen LogP contribution in [0.15, 0.2) is 36.4 Å². The molecule has 17 heteroatoms. The summed E-state index contributed by atoms with van der Waals surface area (Å²) in [5.74, 6) is -2.28. The van der Waals surface area contributed by atoms with Gasteiger partial charge in [-0.15, -0.1) is 0 Å². The zero-order valence-corrected chi connectivity index (χ0v) is 25.5. The second-order valence-electron chi connectivity index (χ2n) is 10.4. The van der Waals surface area contributed by atoms with E-state index < -0.39 is 68.5 Å². The second kappa shape index (κ2) is 14.9. The summed E-state index contributed by atoms with van der Waals surface area (Å²) in [4.78, 5) is 56.0. The number of amides is 3. The van der Waals surface area contributed by atoms with Gasteiger partial charge in [-0.2, -0.15) is 0 Å². The second-order valence-corrected chi connectivity index (χ2v) is 12.0. The SMILES string of the molecule is O=C(COc1ccc(Cl)c(F)c1)NC12CCC(NC(=O)COc3ccc(Cl)c(F)c3)(C1)C(OC(=O)NCCCOP(O)O)C2. The predicted octanol–water partition coefficient (Wildman–Crippen LogP) is 3.74. The first kappa shape index (κ1) is 33.9. The highest BCUT2D eigenvalue weighted by Gasteiger charge is 2.63. The lowest BCUT2D eigenvalue weighted by Crippen LogP contribution is -2.56. The largest absolute Gasteiger partial charge is 0.484 e. The van der Waals surface area contributed by atoms with Crippen LogP contribution in [0.1, 0.15) is 32.1 Å². The number of halogens is 4. The molecule has 2 aromatic rings. The molecule has 5 N–H and O–H groups in total. The van der Waals surface area contributed by atoms with Crippen LogP contribution in [0.3, 0.4) is 0 Å². The van der Waals surface area contributed by atoms with E-state index in [1.54, 1.807) is 0 Å². The van der Waals surface area contributed by atoms with Gasteiger partial charge in [0.15, 0.2) is 13.2 Å². The van der Waals surface area contributed by atoms with Gasteiger partial charge in [0.1, 0.15) is 29.2 Å². The van der Waals surface area contributed by atoms with Gasteiger partial charge in [0.2, 0.25) is 0 Å². The zero-order chi connectivity index (χ0) is 31.9. The highest BCUT2D eigenvalue weighted by Crippen LogP contribution is 2.52. The Hall–Kier alpha value is -3.00. The van der Waals surface area contributed by atoms with Crippen molar-refractivity contribution in [3.05, 3.63) is 58.1 Å². The van der Waals surface area contributed by atoms with Crippen LogP contribution in [0.25, 0.3) is 0 Å². The van der Waals surface area contributed by atoms with Gasteiger partial charge in [-0.3, -0.25) is 9.59 Å². The molecule has 240 valence electrons. The number of alkyl carbamates (subject to hydrolysis) is 1. The maximum absolute atomic E-state index is 13.8. The van der Waals surface area contributed by atoms with E-state index in [4.69, 9.17) is 47.2 Å². The molecule has 44 heavy (non-hydrogen) atoms. The lowest BCUT2D eigenvalue weighted by atomic mass is 9.88. The third kappa shape index (κ3) is 9.02. The van der Waals surface area contributed by atoms with Crippen molar-refractivity contribution < 1.29 is 51.7 Å². The number of nitrogens with one attached hydrogen (secondary N) is 3. The minimum atomic E-state index is -2.50. The van der Waals surface area contributed by atoms with Gasteiger partial charge in [0, 0.05) is 30.6 Å². The molecular formula is C27H30Cl2F2N3O9P. The normalized spacial score (nSPS) is 22.0. The lowest BCUT2D eigenvalue weighted by molar-refractivity contribution is -0.127. The van der Waals surface area contributed by atoms with Crippen LogP contribution in [0, 0.1) is 11.6 Å². The number of hydrogen-bond donors (Lipinski definition) is 5. The van der Waals surface area contributed by atoms with E-state index >= 15 is 0 Å². The Morgan fingerprint density at radius 1 is 0.932 bits per heavy atom. The number of ether oxygens (including phenoxy) is 3. The van der Waals surface area contributed by atoms with Gasteiger partial charge >= 0.3 is 14.7 Å². The summed E-state index contributed by atoms with van der Waals surface area (Å²) in [6, 6.07) is 7.53. The average molecular weight is 680 g/mol. The molecule has 2 aliphatic rings. The maximum Gasteiger partial charge on any atom is 0.407 e. The Kier molecular flexibility index (Phi) is 11.4. The molecule has 2 saturated carbocycles. The minimum absolute atomic E-state index is 0.000197. The molecule has 0 heterocycles. The van der Waals surface area contributed by atoms with Crippen LogP contribution in [-0.4, -0.2) is 71.2 Å². The standard InChI is InChI=1S/C27H30Cl2F2N3O9P/c28-18-4-2-16(10-20(18)30)40-13-23(35)33-26-6-7-27(15-26,22(12-26)43-25(37)32-8-1-9-42-44(38)39)34-24(36)14-41-17-3-5-19(29)21(31)11-17/h2-5,10-11,22,38-39H,1,6-9,12-15H2,(H,32,37)(H,33,35)(H,34,36). The van der Waals surface area contributed by atoms with E-state index in [1.165, 1.54) is 24.3 Å². The molecule has 2 fully saturated rings. The average Bonchev–Trinajstić information content (AvgIpc) is 3.45. The van der Waals surface area contributed by atoms with Crippen LogP contribution in [0.2, 0.25) is 10.0 Å². The number of fused-ring (bicyclic) bond motifs is 2. The van der Waals surface area contributed by atoms with E-state index in [0.717, 1.165) is 12.1 Å². The quantitative estimate of drug-likeness (QED) is 0.148. The van der Waals surface area contributed by atoms with Crippen molar-refractivity contribution in [1.82, 2.24) is 16.0 Å². The van der Waals surface area contributed by atoms with Crippen molar-refractivity contribution in [2.75, 3.05) is 26.4 Å². The van der Waals surface area contributed by atoms with Crippen molar-refractivity contribution in [3.8, 4) is 11.5 Å². The van der Waals surface area contributed by atoms with E-state index in [0.29, 0.717) is 12.8 Å². The highest BCUT2D eigenvalue weighted by atomic mass is 35.5. The third-order valence-electron chi connectivity index (χ3n) is 7.26. The fourth-order valence-corrected chi connectivity index (χ4v) is 5.93. The molecule has 0 aliphatic heterocycles. The van der Waals surface area contributed by atoms with E-state index in [9.17, 15) is 23.2 Å².